The van der Waals surface area contributed by atoms with Crippen LogP contribution in [0, 0.1) is 44.8 Å². The molecule has 5 N–H and O–H groups in total. The highest BCUT2D eigenvalue weighted by atomic mass is 16.7. The monoisotopic (exact) mass is 664 g/mol. The Hall–Kier alpha value is -0.850. The van der Waals surface area contributed by atoms with Gasteiger partial charge >= 0.3 is 5.97 Å². The minimum atomic E-state index is -1.31. The van der Waals surface area contributed by atoms with Crippen LogP contribution in [0.15, 0.2) is 0 Å². The Morgan fingerprint density at radius 1 is 0.830 bits per heavy atom. The fourth-order valence-electron chi connectivity index (χ4n) is 13.7. The van der Waals surface area contributed by atoms with E-state index in [2.05, 4.69) is 34.6 Å². The molecule has 0 bridgehead atoms. The van der Waals surface area contributed by atoms with Crippen molar-refractivity contribution in [1.82, 2.24) is 0 Å². The van der Waals surface area contributed by atoms with Crippen LogP contribution < -0.4 is 0 Å². The molecule has 0 aromatic rings. The van der Waals surface area contributed by atoms with E-state index in [0.29, 0.717) is 12.3 Å². The summed E-state index contributed by atoms with van der Waals surface area (Å²) in [6, 6.07) is 0. The molecule has 5 saturated carbocycles. The second-order valence-corrected chi connectivity index (χ2v) is 18.7. The number of rotatable bonds is 5. The number of esters is 1. The first kappa shape index (κ1) is 34.6. The van der Waals surface area contributed by atoms with E-state index < -0.39 is 53.4 Å². The molecule has 2 saturated heterocycles. The van der Waals surface area contributed by atoms with Crippen molar-refractivity contribution in [3.63, 3.8) is 0 Å². The summed E-state index contributed by atoms with van der Waals surface area (Å²) in [7, 11) is 0. The zero-order chi connectivity index (χ0) is 34.3. The lowest BCUT2D eigenvalue weighted by Crippen LogP contribution is -2.62. The third-order valence-electron chi connectivity index (χ3n) is 15.9. The first-order valence-electron chi connectivity index (χ1n) is 18.3. The zero-order valence-electron chi connectivity index (χ0n) is 29.7. The summed E-state index contributed by atoms with van der Waals surface area (Å²) in [5, 5.41) is 54.0. The molecule has 7 rings (SSSR count). The van der Waals surface area contributed by atoms with Crippen molar-refractivity contribution in [1.29, 1.82) is 0 Å². The van der Waals surface area contributed by atoms with Crippen LogP contribution in [0.3, 0.4) is 0 Å². The molecular weight excluding hydrogens is 604 g/mol. The smallest absolute Gasteiger partial charge is 0.303 e. The Morgan fingerprint density at radius 3 is 2.13 bits per heavy atom. The number of carbonyl (C=O) groups excluding carboxylic acids is 1. The summed E-state index contributed by atoms with van der Waals surface area (Å²) in [4.78, 5) is 12.7. The number of carbonyl (C=O) groups is 1. The molecule has 2 spiro atoms. The number of aliphatic hydroxyl groups excluding tert-OH is 4. The maximum Gasteiger partial charge on any atom is 0.303 e. The van der Waals surface area contributed by atoms with E-state index in [1.165, 1.54) is 6.92 Å². The summed E-state index contributed by atoms with van der Waals surface area (Å²) in [6.07, 6.45) is 1.51. The Morgan fingerprint density at radius 2 is 1.49 bits per heavy atom. The van der Waals surface area contributed by atoms with Gasteiger partial charge in [0.2, 0.25) is 0 Å². The van der Waals surface area contributed by atoms with Crippen LogP contribution in [0.4, 0.5) is 0 Å². The van der Waals surface area contributed by atoms with Gasteiger partial charge in [0, 0.05) is 18.3 Å². The molecular formula is C37H60O10. The highest BCUT2D eigenvalue weighted by Gasteiger charge is 2.85. The normalized spacial score (nSPS) is 56.6. The van der Waals surface area contributed by atoms with Gasteiger partial charge in [-0.1, -0.05) is 27.7 Å². The Bertz CT molecular complexity index is 1270. The van der Waals surface area contributed by atoms with Crippen molar-refractivity contribution in [2.24, 2.45) is 44.8 Å². The van der Waals surface area contributed by atoms with Crippen LogP contribution in [0.25, 0.3) is 0 Å². The maximum absolute atomic E-state index is 12.7. The standard InChI is InChI=1S/C37H60O10/c1-19(38)45-29-27(42)28(34(7)13-11-24(47-34)32(4,5)43)33(6)15-16-37-18-36(37)14-12-23(46-30-26(41)25(40)20(39)17-44-30)31(2,3)21(36)9-10-22(37)35(29,33)8/h20-30,39-43H,9-18H2,1-8H3/t20-,21+,22-,23+,24-,25+,26-,27-,28+,29+,30+,33-,34+,35-,36-,37+/m1/s1. The van der Waals surface area contributed by atoms with Gasteiger partial charge < -0.3 is 44.5 Å². The summed E-state index contributed by atoms with van der Waals surface area (Å²) < 4.78 is 25.1. The summed E-state index contributed by atoms with van der Waals surface area (Å²) >= 11 is 0. The first-order valence-corrected chi connectivity index (χ1v) is 18.3. The molecule has 7 fully saturated rings. The van der Waals surface area contributed by atoms with Crippen molar-refractivity contribution in [3.05, 3.63) is 0 Å². The lowest BCUT2D eigenvalue weighted by Gasteiger charge is -2.64. The average molecular weight is 665 g/mol. The molecule has 0 unspecified atom stereocenters. The minimum absolute atomic E-state index is 0.0770. The molecule has 47 heavy (non-hydrogen) atoms. The summed E-state index contributed by atoms with van der Waals surface area (Å²) in [5.41, 5.74) is -2.49. The number of hydrogen-bond acceptors (Lipinski definition) is 10. The van der Waals surface area contributed by atoms with Crippen molar-refractivity contribution >= 4 is 5.97 Å². The van der Waals surface area contributed by atoms with E-state index in [1.54, 1.807) is 13.8 Å². The van der Waals surface area contributed by atoms with E-state index in [0.717, 1.165) is 51.4 Å². The highest BCUT2D eigenvalue weighted by Crippen LogP contribution is 2.89. The van der Waals surface area contributed by atoms with Crippen molar-refractivity contribution in [2.45, 2.75) is 173 Å². The lowest BCUT2D eigenvalue weighted by atomic mass is 9.41. The maximum atomic E-state index is 12.7. The Balaban J connectivity index is 1.19. The molecule has 0 amide bonds. The molecule has 10 nitrogen and oxygen atoms in total. The lowest BCUT2D eigenvalue weighted by molar-refractivity contribution is -0.303. The van der Waals surface area contributed by atoms with Crippen LogP contribution in [0.1, 0.15) is 113 Å². The molecule has 2 heterocycles. The van der Waals surface area contributed by atoms with Crippen molar-refractivity contribution in [3.8, 4) is 0 Å². The Kier molecular flexibility index (Phi) is 7.80. The van der Waals surface area contributed by atoms with E-state index in [1.807, 2.05) is 0 Å². The molecule has 0 radical (unpaired) electrons. The van der Waals surface area contributed by atoms with Crippen LogP contribution in [-0.4, -0.2) is 98.3 Å². The zero-order valence-corrected chi connectivity index (χ0v) is 29.7. The molecule has 2 aliphatic heterocycles. The molecule has 5 aliphatic carbocycles. The van der Waals surface area contributed by atoms with E-state index in [-0.39, 0.29) is 58.3 Å². The topological polar surface area (TPSA) is 155 Å². The van der Waals surface area contributed by atoms with Gasteiger partial charge in [-0.15, -0.1) is 0 Å². The van der Waals surface area contributed by atoms with Crippen LogP contribution in [0.5, 0.6) is 0 Å². The third kappa shape index (κ3) is 4.47. The highest BCUT2D eigenvalue weighted by molar-refractivity contribution is 5.66. The second-order valence-electron chi connectivity index (χ2n) is 18.7. The number of aliphatic hydroxyl groups is 5. The second kappa shape index (κ2) is 10.6. The summed E-state index contributed by atoms with van der Waals surface area (Å²) in [6.45, 7) is 16.2. The predicted molar refractivity (Wildman–Crippen MR) is 171 cm³/mol. The van der Waals surface area contributed by atoms with E-state index >= 15 is 0 Å². The summed E-state index contributed by atoms with van der Waals surface area (Å²) in [5.74, 6) is 0.0227. The average Bonchev–Trinajstić information content (AvgIpc) is 3.40. The molecule has 0 aromatic carbocycles. The number of hydrogen-bond donors (Lipinski definition) is 5. The Labute approximate surface area is 279 Å². The fraction of sp³-hybridized carbons (Fsp3) is 0.973. The molecule has 16 atom stereocenters. The molecule has 10 heteroatoms. The SMILES string of the molecule is CC(=O)O[C@H]1[C@H](O)[C@H]([C@]2(C)CC[C@H](C(C)(C)O)O2)[C@@]2(C)CC[C@@]34C[C@@]35CC[C@H](O[C@@H]3OC[C@@H](O)[C@H](O)[C@H]3O)C(C)(C)[C@@H]5CC[C@@H]4[C@]12C. The van der Waals surface area contributed by atoms with Crippen molar-refractivity contribution in [2.75, 3.05) is 6.61 Å². The third-order valence-corrected chi connectivity index (χ3v) is 15.9. The van der Waals surface area contributed by atoms with Gasteiger partial charge in [-0.05, 0) is 112 Å². The predicted octanol–water partition coefficient (Wildman–Crippen LogP) is 3.47. The largest absolute Gasteiger partial charge is 0.459 e. The number of ether oxygens (including phenoxy) is 4. The van der Waals surface area contributed by atoms with Crippen LogP contribution in [-0.2, 0) is 23.7 Å². The van der Waals surface area contributed by atoms with E-state index in [9.17, 15) is 30.3 Å². The van der Waals surface area contributed by atoms with Gasteiger partial charge in [0.1, 0.15) is 24.4 Å². The van der Waals surface area contributed by atoms with Gasteiger partial charge in [-0.3, -0.25) is 4.79 Å². The van der Waals surface area contributed by atoms with Gasteiger partial charge in [0.25, 0.3) is 0 Å². The quantitative estimate of drug-likeness (QED) is 0.218. The van der Waals surface area contributed by atoms with Gasteiger partial charge in [0.15, 0.2) is 6.29 Å². The number of fused-ring (bicyclic) bond motifs is 2. The molecule has 7 aliphatic rings. The molecule has 0 aromatic heterocycles. The molecule has 268 valence electrons. The minimum Gasteiger partial charge on any atom is -0.459 e. The van der Waals surface area contributed by atoms with Crippen LogP contribution >= 0.6 is 0 Å². The van der Waals surface area contributed by atoms with Gasteiger partial charge in [0.05, 0.1) is 36.1 Å². The van der Waals surface area contributed by atoms with Crippen LogP contribution in [0.2, 0.25) is 0 Å². The fourth-order valence-corrected chi connectivity index (χ4v) is 13.7. The van der Waals surface area contributed by atoms with Gasteiger partial charge in [-0.25, -0.2) is 0 Å². The first-order chi connectivity index (χ1) is 21.7. The van der Waals surface area contributed by atoms with E-state index in [4.69, 9.17) is 18.9 Å². The van der Waals surface area contributed by atoms with Gasteiger partial charge in [-0.2, -0.15) is 0 Å². The van der Waals surface area contributed by atoms with Crippen molar-refractivity contribution < 1.29 is 49.3 Å².